The number of nitrogens with one attached hydrogen (secondary N) is 1. The predicted molar refractivity (Wildman–Crippen MR) is 89.2 cm³/mol. The molecule has 0 aliphatic carbocycles. The van der Waals surface area contributed by atoms with Crippen LogP contribution in [0.2, 0.25) is 0 Å². The second-order valence-corrected chi connectivity index (χ2v) is 5.54. The van der Waals surface area contributed by atoms with Crippen molar-refractivity contribution in [3.63, 3.8) is 0 Å². The minimum absolute atomic E-state index is 0.248. The van der Waals surface area contributed by atoms with Crippen molar-refractivity contribution in [3.05, 3.63) is 29.7 Å². The number of hydrogen-bond acceptors (Lipinski definition) is 5. The number of fused-ring (bicyclic) bond motifs is 1. The SMILES string of the molecule is COc1cc(C(=O)Nc2cnc3n2CCCC3)cc(OC)c1OC. The lowest BCUT2D eigenvalue weighted by atomic mass is 10.1. The topological polar surface area (TPSA) is 74.6 Å². The highest BCUT2D eigenvalue weighted by molar-refractivity contribution is 6.04. The van der Waals surface area contributed by atoms with Gasteiger partial charge in [-0.15, -0.1) is 0 Å². The van der Waals surface area contributed by atoms with Crippen LogP contribution in [0.1, 0.15) is 29.0 Å². The van der Waals surface area contributed by atoms with Gasteiger partial charge in [0.2, 0.25) is 5.75 Å². The van der Waals surface area contributed by atoms with Crippen molar-refractivity contribution in [2.24, 2.45) is 0 Å². The minimum Gasteiger partial charge on any atom is -0.493 e. The number of amides is 1. The molecule has 128 valence electrons. The quantitative estimate of drug-likeness (QED) is 0.911. The second-order valence-electron chi connectivity index (χ2n) is 5.54. The molecular formula is C17H21N3O4. The van der Waals surface area contributed by atoms with Crippen LogP contribution >= 0.6 is 0 Å². The Morgan fingerprint density at radius 2 is 1.83 bits per heavy atom. The molecule has 1 aliphatic rings. The van der Waals surface area contributed by atoms with Crippen molar-refractivity contribution >= 4 is 11.7 Å². The average Bonchev–Trinajstić information content (AvgIpc) is 3.03. The van der Waals surface area contributed by atoms with Gasteiger partial charge in [0.1, 0.15) is 11.6 Å². The van der Waals surface area contributed by atoms with Crippen molar-refractivity contribution in [1.82, 2.24) is 9.55 Å². The molecule has 0 bridgehead atoms. The normalized spacial score (nSPS) is 13.1. The number of ether oxygens (including phenoxy) is 3. The molecule has 0 atom stereocenters. The molecule has 3 rings (SSSR count). The molecule has 2 heterocycles. The Labute approximate surface area is 140 Å². The third-order valence-electron chi connectivity index (χ3n) is 4.14. The number of aryl methyl sites for hydroxylation is 1. The zero-order chi connectivity index (χ0) is 17.1. The third-order valence-corrected chi connectivity index (χ3v) is 4.14. The van der Waals surface area contributed by atoms with Crippen LogP contribution in [0.5, 0.6) is 17.2 Å². The number of aromatic nitrogens is 2. The van der Waals surface area contributed by atoms with Crippen molar-refractivity contribution in [3.8, 4) is 17.2 Å². The Kier molecular flexibility index (Phi) is 4.59. The zero-order valence-corrected chi connectivity index (χ0v) is 14.1. The van der Waals surface area contributed by atoms with Crippen LogP contribution in [0.25, 0.3) is 0 Å². The number of imidazole rings is 1. The van der Waals surface area contributed by atoms with Crippen LogP contribution in [0.3, 0.4) is 0 Å². The van der Waals surface area contributed by atoms with Gasteiger partial charge in [-0.05, 0) is 25.0 Å². The van der Waals surface area contributed by atoms with Crippen LogP contribution in [-0.2, 0) is 13.0 Å². The lowest BCUT2D eigenvalue weighted by Gasteiger charge is -2.17. The lowest BCUT2D eigenvalue weighted by Crippen LogP contribution is -2.18. The summed E-state index contributed by atoms with van der Waals surface area (Å²) in [6, 6.07) is 3.26. The van der Waals surface area contributed by atoms with E-state index in [0.717, 1.165) is 31.6 Å². The van der Waals surface area contributed by atoms with E-state index in [0.29, 0.717) is 28.6 Å². The number of anilines is 1. The molecule has 0 saturated carbocycles. The van der Waals surface area contributed by atoms with E-state index >= 15 is 0 Å². The van der Waals surface area contributed by atoms with Gasteiger partial charge in [-0.1, -0.05) is 0 Å². The molecule has 1 aromatic heterocycles. The Balaban J connectivity index is 1.89. The Bertz CT molecular complexity index is 729. The summed E-state index contributed by atoms with van der Waals surface area (Å²) in [6.45, 7) is 0.875. The van der Waals surface area contributed by atoms with E-state index in [9.17, 15) is 4.79 Å². The van der Waals surface area contributed by atoms with Crippen molar-refractivity contribution in [1.29, 1.82) is 0 Å². The molecule has 7 nitrogen and oxygen atoms in total. The Morgan fingerprint density at radius 3 is 2.46 bits per heavy atom. The second kappa shape index (κ2) is 6.82. The van der Waals surface area contributed by atoms with Gasteiger partial charge in [-0.25, -0.2) is 4.98 Å². The van der Waals surface area contributed by atoms with Gasteiger partial charge in [-0.3, -0.25) is 4.79 Å². The summed E-state index contributed by atoms with van der Waals surface area (Å²) in [4.78, 5) is 17.0. The molecule has 0 fully saturated rings. The van der Waals surface area contributed by atoms with Gasteiger partial charge in [-0.2, -0.15) is 0 Å². The summed E-state index contributed by atoms with van der Waals surface area (Å²) in [5.74, 6) is 2.82. The van der Waals surface area contributed by atoms with Crippen LogP contribution < -0.4 is 19.5 Å². The van der Waals surface area contributed by atoms with Gasteiger partial charge >= 0.3 is 0 Å². The molecule has 1 amide bonds. The first kappa shape index (κ1) is 16.2. The summed E-state index contributed by atoms with van der Waals surface area (Å²) in [5, 5.41) is 2.92. The molecule has 0 saturated heterocycles. The highest BCUT2D eigenvalue weighted by Gasteiger charge is 2.19. The molecule has 1 aromatic carbocycles. The van der Waals surface area contributed by atoms with E-state index < -0.39 is 0 Å². The van der Waals surface area contributed by atoms with Crippen LogP contribution in [0, 0.1) is 0 Å². The molecule has 0 radical (unpaired) electrons. The van der Waals surface area contributed by atoms with E-state index in [-0.39, 0.29) is 5.91 Å². The first-order valence-corrected chi connectivity index (χ1v) is 7.83. The van der Waals surface area contributed by atoms with E-state index in [1.165, 1.54) is 21.3 Å². The molecule has 24 heavy (non-hydrogen) atoms. The number of benzene rings is 1. The fourth-order valence-electron chi connectivity index (χ4n) is 2.92. The molecule has 7 heteroatoms. The van der Waals surface area contributed by atoms with E-state index in [2.05, 4.69) is 14.9 Å². The number of carbonyl (C=O) groups excluding carboxylic acids is 1. The summed E-state index contributed by atoms with van der Waals surface area (Å²) < 4.78 is 17.9. The monoisotopic (exact) mass is 331 g/mol. The van der Waals surface area contributed by atoms with Gasteiger partial charge in [0.15, 0.2) is 11.5 Å². The maximum absolute atomic E-state index is 12.6. The molecule has 0 unspecified atom stereocenters. The standard InChI is InChI=1S/C17H21N3O4/c1-22-12-8-11(9-13(23-2)16(12)24-3)17(21)19-15-10-18-14-6-4-5-7-20(14)15/h8-10H,4-7H2,1-3H3,(H,19,21). The van der Waals surface area contributed by atoms with Crippen molar-refractivity contribution < 1.29 is 19.0 Å². The van der Waals surface area contributed by atoms with E-state index in [1.807, 2.05) is 0 Å². The maximum atomic E-state index is 12.6. The van der Waals surface area contributed by atoms with Crippen LogP contribution in [-0.4, -0.2) is 36.8 Å². The summed E-state index contributed by atoms with van der Waals surface area (Å²) in [7, 11) is 4.57. The summed E-state index contributed by atoms with van der Waals surface area (Å²) in [5.41, 5.74) is 0.427. The van der Waals surface area contributed by atoms with Crippen LogP contribution in [0.15, 0.2) is 18.3 Å². The highest BCUT2D eigenvalue weighted by Crippen LogP contribution is 2.38. The number of hydrogen-bond donors (Lipinski definition) is 1. The van der Waals surface area contributed by atoms with Crippen LogP contribution in [0.4, 0.5) is 5.82 Å². The molecule has 1 aliphatic heterocycles. The minimum atomic E-state index is -0.248. The predicted octanol–water partition coefficient (Wildman–Crippen LogP) is 2.50. The van der Waals surface area contributed by atoms with Crippen molar-refractivity contribution in [2.75, 3.05) is 26.6 Å². The lowest BCUT2D eigenvalue weighted by molar-refractivity contribution is 0.102. The summed E-state index contributed by atoms with van der Waals surface area (Å²) >= 11 is 0. The smallest absolute Gasteiger partial charge is 0.257 e. The first-order chi connectivity index (χ1) is 11.7. The largest absolute Gasteiger partial charge is 0.493 e. The third kappa shape index (κ3) is 2.89. The van der Waals surface area contributed by atoms with Gasteiger partial charge in [0.25, 0.3) is 5.91 Å². The average molecular weight is 331 g/mol. The molecule has 2 aromatic rings. The molecular weight excluding hydrogens is 310 g/mol. The molecule has 1 N–H and O–H groups in total. The van der Waals surface area contributed by atoms with Gasteiger partial charge < -0.3 is 24.1 Å². The van der Waals surface area contributed by atoms with Gasteiger partial charge in [0, 0.05) is 18.5 Å². The Hall–Kier alpha value is -2.70. The first-order valence-electron chi connectivity index (χ1n) is 7.83. The maximum Gasteiger partial charge on any atom is 0.257 e. The number of rotatable bonds is 5. The highest BCUT2D eigenvalue weighted by atomic mass is 16.5. The zero-order valence-electron chi connectivity index (χ0n) is 14.1. The number of nitrogens with zero attached hydrogens (tertiary/aromatic N) is 2. The van der Waals surface area contributed by atoms with E-state index in [4.69, 9.17) is 14.2 Å². The fraction of sp³-hybridized carbons (Fsp3) is 0.412. The van der Waals surface area contributed by atoms with Crippen molar-refractivity contribution in [2.45, 2.75) is 25.8 Å². The fourth-order valence-corrected chi connectivity index (χ4v) is 2.92. The Morgan fingerprint density at radius 1 is 1.12 bits per heavy atom. The number of methoxy groups -OCH3 is 3. The number of carbonyl (C=O) groups is 1. The van der Waals surface area contributed by atoms with Gasteiger partial charge in [0.05, 0.1) is 27.5 Å². The molecule has 0 spiro atoms. The summed E-state index contributed by atoms with van der Waals surface area (Å²) in [6.07, 6.45) is 4.88. The van der Waals surface area contributed by atoms with E-state index in [1.54, 1.807) is 18.3 Å².